The van der Waals surface area contributed by atoms with E-state index in [2.05, 4.69) is 24.2 Å². The van der Waals surface area contributed by atoms with Gasteiger partial charge in [0.2, 0.25) is 10.0 Å². The van der Waals surface area contributed by atoms with Gasteiger partial charge in [-0.05, 0) is 71.9 Å². The van der Waals surface area contributed by atoms with Crippen LogP contribution in [0.3, 0.4) is 0 Å². The van der Waals surface area contributed by atoms with Gasteiger partial charge in [0.1, 0.15) is 10.6 Å². The molecule has 30 heavy (non-hydrogen) atoms. The maximum absolute atomic E-state index is 13.4. The van der Waals surface area contributed by atoms with E-state index < -0.39 is 10.0 Å². The van der Waals surface area contributed by atoms with Crippen LogP contribution in [0.15, 0.2) is 55.7 Å². The molecule has 0 aliphatic carbocycles. The molecule has 2 unspecified atom stereocenters. The molecule has 0 amide bonds. The first kappa shape index (κ1) is 21.1. The Morgan fingerprint density at radius 2 is 1.73 bits per heavy atom. The maximum atomic E-state index is 13.4. The molecular weight excluding hydrogens is 422 g/mol. The first-order valence-corrected chi connectivity index (χ1v) is 12.3. The van der Waals surface area contributed by atoms with Gasteiger partial charge in [-0.25, -0.2) is 13.0 Å². The third-order valence-corrected chi connectivity index (χ3v) is 8.08. The standard InChI is InChI=1S/C21H25N3O4S2/c1-4-27-16-5-7-17(8-6-16)29-18-9-10-19(21-20(18)22-28-23-21)30(25,26)24-12-14(2)11-15(3)13-24/h5-10,14-15H,4,11-13H2,1-3H3. The van der Waals surface area contributed by atoms with Crippen molar-refractivity contribution >= 4 is 32.8 Å². The Labute approximate surface area is 180 Å². The van der Waals surface area contributed by atoms with Gasteiger partial charge in [-0.1, -0.05) is 25.6 Å². The molecule has 1 aromatic heterocycles. The van der Waals surface area contributed by atoms with E-state index in [1.165, 1.54) is 11.8 Å². The first-order valence-electron chi connectivity index (χ1n) is 10.0. The van der Waals surface area contributed by atoms with Crippen molar-refractivity contribution in [1.29, 1.82) is 0 Å². The Hall–Kier alpha value is -2.10. The van der Waals surface area contributed by atoms with E-state index in [0.29, 0.717) is 37.0 Å². The van der Waals surface area contributed by atoms with E-state index in [-0.39, 0.29) is 10.4 Å². The van der Waals surface area contributed by atoms with Crippen LogP contribution in [-0.4, -0.2) is 42.7 Å². The van der Waals surface area contributed by atoms with E-state index in [9.17, 15) is 8.42 Å². The molecule has 160 valence electrons. The zero-order valence-electron chi connectivity index (χ0n) is 17.2. The smallest absolute Gasteiger partial charge is 0.245 e. The van der Waals surface area contributed by atoms with Crippen molar-refractivity contribution in [3.63, 3.8) is 0 Å². The molecule has 2 atom stereocenters. The minimum Gasteiger partial charge on any atom is -0.494 e. The van der Waals surface area contributed by atoms with Crippen LogP contribution < -0.4 is 4.74 Å². The summed E-state index contributed by atoms with van der Waals surface area (Å²) in [6.45, 7) is 7.76. The molecule has 1 aliphatic rings. The van der Waals surface area contributed by atoms with E-state index >= 15 is 0 Å². The summed E-state index contributed by atoms with van der Waals surface area (Å²) in [6, 6.07) is 11.1. The minimum absolute atomic E-state index is 0.149. The second-order valence-electron chi connectivity index (χ2n) is 7.80. The summed E-state index contributed by atoms with van der Waals surface area (Å²) in [4.78, 5) is 1.92. The molecular formula is C21H25N3O4S2. The summed E-state index contributed by atoms with van der Waals surface area (Å²) in [7, 11) is -3.68. The van der Waals surface area contributed by atoms with Gasteiger partial charge >= 0.3 is 0 Å². The molecule has 0 bridgehead atoms. The summed E-state index contributed by atoms with van der Waals surface area (Å²) in [5.41, 5.74) is 0.727. The molecule has 0 spiro atoms. The van der Waals surface area contributed by atoms with Crippen LogP contribution in [0.25, 0.3) is 11.0 Å². The van der Waals surface area contributed by atoms with Crippen molar-refractivity contribution < 1.29 is 17.8 Å². The van der Waals surface area contributed by atoms with Crippen LogP contribution in [0.4, 0.5) is 0 Å². The molecule has 2 heterocycles. The van der Waals surface area contributed by atoms with Gasteiger partial charge in [-0.15, -0.1) is 0 Å². The van der Waals surface area contributed by atoms with Crippen LogP contribution in [0.5, 0.6) is 5.75 Å². The first-order chi connectivity index (χ1) is 14.4. The molecule has 0 saturated carbocycles. The highest BCUT2D eigenvalue weighted by Gasteiger charge is 2.34. The zero-order valence-corrected chi connectivity index (χ0v) is 18.9. The lowest BCUT2D eigenvalue weighted by Crippen LogP contribution is -2.42. The molecule has 1 fully saturated rings. The second kappa shape index (κ2) is 8.56. The van der Waals surface area contributed by atoms with E-state index in [4.69, 9.17) is 9.37 Å². The van der Waals surface area contributed by atoms with Crippen LogP contribution in [0, 0.1) is 11.8 Å². The average molecular weight is 448 g/mol. The van der Waals surface area contributed by atoms with Crippen LogP contribution in [0.1, 0.15) is 27.2 Å². The molecule has 4 rings (SSSR count). The van der Waals surface area contributed by atoms with E-state index in [0.717, 1.165) is 22.0 Å². The third kappa shape index (κ3) is 4.19. The molecule has 2 aromatic carbocycles. The lowest BCUT2D eigenvalue weighted by atomic mass is 9.94. The molecule has 3 aromatic rings. The quantitative estimate of drug-likeness (QED) is 0.552. The van der Waals surface area contributed by atoms with Crippen LogP contribution in [-0.2, 0) is 10.0 Å². The maximum Gasteiger partial charge on any atom is 0.245 e. The van der Waals surface area contributed by atoms with Gasteiger partial charge in [-0.3, -0.25) is 0 Å². The monoisotopic (exact) mass is 447 g/mol. The third-order valence-electron chi connectivity index (χ3n) is 5.16. The average Bonchev–Trinajstić information content (AvgIpc) is 3.19. The number of sulfonamides is 1. The predicted molar refractivity (Wildman–Crippen MR) is 115 cm³/mol. The zero-order chi connectivity index (χ0) is 21.3. The Kier molecular flexibility index (Phi) is 6.04. The Morgan fingerprint density at radius 3 is 2.40 bits per heavy atom. The van der Waals surface area contributed by atoms with Crippen molar-refractivity contribution in [2.24, 2.45) is 11.8 Å². The van der Waals surface area contributed by atoms with Gasteiger partial charge in [0.25, 0.3) is 0 Å². The summed E-state index contributed by atoms with van der Waals surface area (Å²) in [6.07, 6.45) is 1.03. The lowest BCUT2D eigenvalue weighted by molar-refractivity contribution is 0.222. The molecule has 1 saturated heterocycles. The Bertz CT molecular complexity index is 1120. The van der Waals surface area contributed by atoms with E-state index in [1.807, 2.05) is 31.2 Å². The minimum atomic E-state index is -3.68. The topological polar surface area (TPSA) is 85.5 Å². The fourth-order valence-corrected chi connectivity index (χ4v) is 6.64. The molecule has 0 radical (unpaired) electrons. The van der Waals surface area contributed by atoms with Crippen LogP contribution in [0.2, 0.25) is 0 Å². The highest BCUT2D eigenvalue weighted by molar-refractivity contribution is 7.99. The summed E-state index contributed by atoms with van der Waals surface area (Å²) < 4.78 is 38.7. The van der Waals surface area contributed by atoms with Crippen molar-refractivity contribution in [2.75, 3.05) is 19.7 Å². The van der Waals surface area contributed by atoms with Crippen LogP contribution >= 0.6 is 11.8 Å². The van der Waals surface area contributed by atoms with Gasteiger partial charge in [0.15, 0.2) is 11.0 Å². The summed E-state index contributed by atoms with van der Waals surface area (Å²) in [5.74, 6) is 1.45. The van der Waals surface area contributed by atoms with Crippen molar-refractivity contribution in [3.05, 3.63) is 36.4 Å². The number of piperidine rings is 1. The number of aromatic nitrogens is 2. The normalized spacial score (nSPS) is 20.5. The van der Waals surface area contributed by atoms with Gasteiger partial charge < -0.3 is 4.74 Å². The number of hydrogen-bond donors (Lipinski definition) is 0. The van der Waals surface area contributed by atoms with Gasteiger partial charge in [0, 0.05) is 22.9 Å². The molecule has 7 nitrogen and oxygen atoms in total. The van der Waals surface area contributed by atoms with Crippen molar-refractivity contribution in [2.45, 2.75) is 41.9 Å². The molecule has 0 N–H and O–H groups in total. The number of hydrogen-bond acceptors (Lipinski definition) is 7. The summed E-state index contributed by atoms with van der Waals surface area (Å²) in [5, 5.41) is 7.93. The number of fused-ring (bicyclic) bond motifs is 1. The van der Waals surface area contributed by atoms with Gasteiger partial charge in [0.05, 0.1) is 6.61 Å². The fraction of sp³-hybridized carbons (Fsp3) is 0.429. The Morgan fingerprint density at radius 1 is 1.07 bits per heavy atom. The lowest BCUT2D eigenvalue weighted by Gasteiger charge is -2.34. The highest BCUT2D eigenvalue weighted by Crippen LogP contribution is 2.37. The highest BCUT2D eigenvalue weighted by atomic mass is 32.2. The number of nitrogens with zero attached hydrogens (tertiary/aromatic N) is 3. The predicted octanol–water partition coefficient (Wildman–Crippen LogP) is 4.44. The van der Waals surface area contributed by atoms with E-state index in [1.54, 1.807) is 16.4 Å². The number of benzene rings is 2. The fourth-order valence-electron chi connectivity index (χ4n) is 3.95. The van der Waals surface area contributed by atoms with Crippen molar-refractivity contribution in [3.8, 4) is 5.75 Å². The van der Waals surface area contributed by atoms with Gasteiger partial charge in [-0.2, -0.15) is 4.31 Å². The largest absolute Gasteiger partial charge is 0.494 e. The molecule has 9 heteroatoms. The summed E-state index contributed by atoms with van der Waals surface area (Å²) >= 11 is 1.48. The van der Waals surface area contributed by atoms with Crippen molar-refractivity contribution in [1.82, 2.24) is 14.6 Å². The SMILES string of the molecule is CCOc1ccc(Sc2ccc(S(=O)(=O)N3CC(C)CC(C)C3)c3nonc23)cc1. The number of ether oxygens (including phenoxy) is 1. The number of rotatable bonds is 6. The second-order valence-corrected chi connectivity index (χ2v) is 10.8. The Balaban J connectivity index is 1.65. The molecule has 1 aliphatic heterocycles.